The number of carbonyl (C=O) groups is 1. The topological polar surface area (TPSA) is 64.9 Å². The molecule has 0 heterocycles. The van der Waals surface area contributed by atoms with Gasteiger partial charge in [-0.3, -0.25) is 4.79 Å². The zero-order valence-electron chi connectivity index (χ0n) is 8.88. The Morgan fingerprint density at radius 3 is 2.94 bits per heavy atom. The fourth-order valence-electron chi connectivity index (χ4n) is 1.20. The van der Waals surface area contributed by atoms with Gasteiger partial charge in [-0.25, -0.2) is 4.39 Å². The SMILES string of the molecule is CNC(=O)CCNc1ccc(F)cc1C#N. The van der Waals surface area contributed by atoms with Gasteiger partial charge in [0.25, 0.3) is 0 Å². The summed E-state index contributed by atoms with van der Waals surface area (Å²) in [5, 5.41) is 14.2. The molecule has 0 unspecified atom stereocenters. The Balaban J connectivity index is 2.61. The van der Waals surface area contributed by atoms with E-state index in [0.29, 0.717) is 18.7 Å². The molecule has 0 radical (unpaired) electrons. The van der Waals surface area contributed by atoms with Crippen molar-refractivity contribution in [1.82, 2.24) is 5.32 Å². The number of nitrogens with one attached hydrogen (secondary N) is 2. The number of carbonyl (C=O) groups excluding carboxylic acids is 1. The van der Waals surface area contributed by atoms with Gasteiger partial charge in [0, 0.05) is 20.0 Å². The average Bonchev–Trinajstić information content (AvgIpc) is 2.30. The molecule has 0 aliphatic heterocycles. The number of halogens is 1. The maximum Gasteiger partial charge on any atom is 0.221 e. The van der Waals surface area contributed by atoms with Crippen LogP contribution in [0.2, 0.25) is 0 Å². The van der Waals surface area contributed by atoms with Gasteiger partial charge in [0.2, 0.25) is 5.91 Å². The number of rotatable bonds is 4. The van der Waals surface area contributed by atoms with Crippen LogP contribution in [0.25, 0.3) is 0 Å². The van der Waals surface area contributed by atoms with Gasteiger partial charge in [0.1, 0.15) is 11.9 Å². The van der Waals surface area contributed by atoms with Crippen molar-refractivity contribution in [1.29, 1.82) is 5.26 Å². The highest BCUT2D eigenvalue weighted by molar-refractivity contribution is 5.76. The highest BCUT2D eigenvalue weighted by Gasteiger charge is 2.03. The van der Waals surface area contributed by atoms with E-state index in [-0.39, 0.29) is 11.5 Å². The second kappa shape index (κ2) is 5.71. The summed E-state index contributed by atoms with van der Waals surface area (Å²) < 4.78 is 12.8. The molecule has 16 heavy (non-hydrogen) atoms. The number of anilines is 1. The first-order chi connectivity index (χ1) is 7.67. The Labute approximate surface area is 93.1 Å². The van der Waals surface area contributed by atoms with Crippen molar-refractivity contribution in [3.8, 4) is 6.07 Å². The van der Waals surface area contributed by atoms with Gasteiger partial charge in [-0.2, -0.15) is 5.26 Å². The van der Waals surface area contributed by atoms with Crippen LogP contribution in [0.15, 0.2) is 18.2 Å². The van der Waals surface area contributed by atoms with E-state index in [1.165, 1.54) is 12.1 Å². The van der Waals surface area contributed by atoms with Crippen molar-refractivity contribution in [2.45, 2.75) is 6.42 Å². The molecule has 0 aliphatic carbocycles. The normalized spacial score (nSPS) is 9.31. The number of hydrogen-bond acceptors (Lipinski definition) is 3. The molecule has 0 saturated carbocycles. The summed E-state index contributed by atoms with van der Waals surface area (Å²) in [4.78, 5) is 10.9. The molecule has 1 aromatic carbocycles. The lowest BCUT2D eigenvalue weighted by Gasteiger charge is -2.07. The molecule has 1 aromatic rings. The lowest BCUT2D eigenvalue weighted by molar-refractivity contribution is -0.120. The highest BCUT2D eigenvalue weighted by atomic mass is 19.1. The van der Waals surface area contributed by atoms with Gasteiger partial charge in [-0.05, 0) is 18.2 Å². The number of nitriles is 1. The molecule has 2 N–H and O–H groups in total. The van der Waals surface area contributed by atoms with Crippen molar-refractivity contribution in [3.63, 3.8) is 0 Å². The van der Waals surface area contributed by atoms with Gasteiger partial charge < -0.3 is 10.6 Å². The largest absolute Gasteiger partial charge is 0.383 e. The maximum absolute atomic E-state index is 12.8. The third-order valence-corrected chi connectivity index (χ3v) is 2.05. The lowest BCUT2D eigenvalue weighted by Crippen LogP contribution is -2.20. The molecule has 0 aliphatic rings. The van der Waals surface area contributed by atoms with Crippen LogP contribution < -0.4 is 10.6 Å². The molecule has 0 bridgehead atoms. The standard InChI is InChI=1S/C11H12FN3O/c1-14-11(16)4-5-15-10-3-2-9(12)6-8(10)7-13/h2-3,6,15H,4-5H2,1H3,(H,14,16). The van der Waals surface area contributed by atoms with Crippen LogP contribution in [0, 0.1) is 17.1 Å². The molecule has 0 fully saturated rings. The smallest absolute Gasteiger partial charge is 0.221 e. The molecule has 0 atom stereocenters. The molecule has 1 rings (SSSR count). The van der Waals surface area contributed by atoms with Crippen molar-refractivity contribution in [3.05, 3.63) is 29.6 Å². The fourth-order valence-corrected chi connectivity index (χ4v) is 1.20. The Bertz CT molecular complexity index is 426. The van der Waals surface area contributed by atoms with Crippen LogP contribution >= 0.6 is 0 Å². The number of benzene rings is 1. The zero-order valence-corrected chi connectivity index (χ0v) is 8.88. The minimum absolute atomic E-state index is 0.0897. The highest BCUT2D eigenvalue weighted by Crippen LogP contribution is 2.15. The van der Waals surface area contributed by atoms with E-state index in [4.69, 9.17) is 5.26 Å². The molecule has 0 saturated heterocycles. The van der Waals surface area contributed by atoms with E-state index in [1.807, 2.05) is 6.07 Å². The third kappa shape index (κ3) is 3.24. The predicted molar refractivity (Wildman–Crippen MR) is 58.3 cm³/mol. The lowest BCUT2D eigenvalue weighted by atomic mass is 10.2. The predicted octanol–water partition coefficient (Wildman–Crippen LogP) is 1.25. The first-order valence-electron chi connectivity index (χ1n) is 4.81. The van der Waals surface area contributed by atoms with E-state index >= 15 is 0 Å². The van der Waals surface area contributed by atoms with Crippen molar-refractivity contribution >= 4 is 11.6 Å². The van der Waals surface area contributed by atoms with Crippen LogP contribution in [0.1, 0.15) is 12.0 Å². The van der Waals surface area contributed by atoms with Crippen LogP contribution in [0.5, 0.6) is 0 Å². The zero-order chi connectivity index (χ0) is 12.0. The van der Waals surface area contributed by atoms with E-state index < -0.39 is 5.82 Å². The van der Waals surface area contributed by atoms with E-state index in [0.717, 1.165) is 6.07 Å². The fraction of sp³-hybridized carbons (Fsp3) is 0.273. The quantitative estimate of drug-likeness (QED) is 0.804. The minimum Gasteiger partial charge on any atom is -0.383 e. The number of nitrogens with zero attached hydrogens (tertiary/aromatic N) is 1. The van der Waals surface area contributed by atoms with Gasteiger partial charge in [0.15, 0.2) is 0 Å². The molecular formula is C11H12FN3O. The monoisotopic (exact) mass is 221 g/mol. The van der Waals surface area contributed by atoms with Crippen molar-refractivity contribution in [2.75, 3.05) is 18.9 Å². The molecule has 0 aromatic heterocycles. The van der Waals surface area contributed by atoms with E-state index in [1.54, 1.807) is 7.05 Å². The van der Waals surface area contributed by atoms with Gasteiger partial charge in [-0.1, -0.05) is 0 Å². The van der Waals surface area contributed by atoms with Crippen molar-refractivity contribution in [2.24, 2.45) is 0 Å². The Morgan fingerprint density at radius 2 is 2.31 bits per heavy atom. The summed E-state index contributed by atoms with van der Waals surface area (Å²) >= 11 is 0. The van der Waals surface area contributed by atoms with Gasteiger partial charge >= 0.3 is 0 Å². The Kier molecular flexibility index (Phi) is 4.28. The molecule has 0 spiro atoms. The van der Waals surface area contributed by atoms with Gasteiger partial charge in [0.05, 0.1) is 11.3 Å². The summed E-state index contributed by atoms with van der Waals surface area (Å²) in [5.74, 6) is -0.540. The number of hydrogen-bond donors (Lipinski definition) is 2. The average molecular weight is 221 g/mol. The molecule has 84 valence electrons. The maximum atomic E-state index is 12.8. The second-order valence-corrected chi connectivity index (χ2v) is 3.15. The molecular weight excluding hydrogens is 209 g/mol. The second-order valence-electron chi connectivity index (χ2n) is 3.15. The summed E-state index contributed by atoms with van der Waals surface area (Å²) in [6.45, 7) is 0.403. The summed E-state index contributed by atoms with van der Waals surface area (Å²) in [6, 6.07) is 5.79. The molecule has 1 amide bonds. The summed E-state index contributed by atoms with van der Waals surface area (Å²) in [7, 11) is 1.56. The van der Waals surface area contributed by atoms with Crippen molar-refractivity contribution < 1.29 is 9.18 Å². The van der Waals surface area contributed by atoms with Crippen LogP contribution in [0.4, 0.5) is 10.1 Å². The Hall–Kier alpha value is -2.09. The molecule has 5 heteroatoms. The van der Waals surface area contributed by atoms with Crippen LogP contribution in [-0.2, 0) is 4.79 Å². The summed E-state index contributed by atoms with van der Waals surface area (Å²) in [6.07, 6.45) is 0.304. The minimum atomic E-state index is -0.451. The Morgan fingerprint density at radius 1 is 1.56 bits per heavy atom. The van der Waals surface area contributed by atoms with Gasteiger partial charge in [-0.15, -0.1) is 0 Å². The van der Waals surface area contributed by atoms with Crippen LogP contribution in [0.3, 0.4) is 0 Å². The van der Waals surface area contributed by atoms with E-state index in [2.05, 4.69) is 10.6 Å². The first kappa shape index (κ1) is 12.0. The summed E-state index contributed by atoms with van der Waals surface area (Å²) in [5.41, 5.74) is 0.768. The third-order valence-electron chi connectivity index (χ3n) is 2.05. The number of amides is 1. The first-order valence-corrected chi connectivity index (χ1v) is 4.81. The van der Waals surface area contributed by atoms with Crippen LogP contribution in [-0.4, -0.2) is 19.5 Å². The van der Waals surface area contributed by atoms with E-state index in [9.17, 15) is 9.18 Å². The molecule has 4 nitrogen and oxygen atoms in total.